The van der Waals surface area contributed by atoms with Gasteiger partial charge in [0.05, 0.1) is 0 Å². The zero-order chi connectivity index (χ0) is 37.3. The van der Waals surface area contributed by atoms with Gasteiger partial charge in [-0.15, -0.1) is 0 Å². The summed E-state index contributed by atoms with van der Waals surface area (Å²) in [5.74, 6) is 0. The van der Waals surface area contributed by atoms with Crippen molar-refractivity contribution in [1.29, 1.82) is 0 Å². The minimum atomic E-state index is -0.0959. The number of anilines is 4. The summed E-state index contributed by atoms with van der Waals surface area (Å²) in [6.07, 6.45) is 9.12. The molecule has 0 spiro atoms. The number of nitrogens with zero attached hydrogens (tertiary/aromatic N) is 2. The van der Waals surface area contributed by atoms with Crippen molar-refractivity contribution in [3.05, 3.63) is 179 Å². The third-order valence-electron chi connectivity index (χ3n) is 12.8. The monoisotopic (exact) mass is 712 g/mol. The summed E-state index contributed by atoms with van der Waals surface area (Å²) in [5, 5.41) is 2.60. The maximum Gasteiger partial charge on any atom is 0.0490 e. The average Bonchev–Trinajstić information content (AvgIpc) is 3.44. The van der Waals surface area contributed by atoms with Crippen molar-refractivity contribution in [2.45, 2.75) is 64.3 Å². The lowest BCUT2D eigenvalue weighted by Gasteiger charge is -2.45. The molecule has 3 aliphatic rings. The van der Waals surface area contributed by atoms with Crippen LogP contribution in [0, 0.1) is 0 Å². The van der Waals surface area contributed by atoms with Gasteiger partial charge in [-0.1, -0.05) is 141 Å². The van der Waals surface area contributed by atoms with Gasteiger partial charge >= 0.3 is 0 Å². The predicted molar refractivity (Wildman–Crippen MR) is 235 cm³/mol. The third-order valence-corrected chi connectivity index (χ3v) is 12.8. The third kappa shape index (κ3) is 5.61. The van der Waals surface area contributed by atoms with Crippen LogP contribution in [0.25, 0.3) is 45.2 Å². The Morgan fingerprint density at radius 2 is 1.13 bits per heavy atom. The Bertz CT molecular complexity index is 2640. The predicted octanol–water partition coefficient (Wildman–Crippen LogP) is 13.9. The fourth-order valence-corrected chi connectivity index (χ4v) is 9.81. The fraction of sp³-hybridized carbons (Fsp3) is 0.208. The molecule has 270 valence electrons. The van der Waals surface area contributed by atoms with Crippen LogP contribution in [0.5, 0.6) is 0 Å². The molecular weight excluding hydrogens is 665 g/mol. The highest BCUT2D eigenvalue weighted by Gasteiger charge is 2.38. The first-order valence-corrected chi connectivity index (χ1v) is 20.1. The van der Waals surface area contributed by atoms with Crippen LogP contribution in [0.3, 0.4) is 0 Å². The molecule has 0 aromatic heterocycles. The van der Waals surface area contributed by atoms with Crippen molar-refractivity contribution in [3.8, 4) is 22.3 Å². The van der Waals surface area contributed by atoms with Gasteiger partial charge in [-0.2, -0.15) is 0 Å². The first kappa shape index (κ1) is 33.7. The second-order valence-electron chi connectivity index (χ2n) is 17.0. The largest absolute Gasteiger partial charge is 0.341 e. The van der Waals surface area contributed by atoms with E-state index in [0.29, 0.717) is 0 Å². The van der Waals surface area contributed by atoms with E-state index in [1.54, 1.807) is 0 Å². The summed E-state index contributed by atoms with van der Waals surface area (Å²) in [6, 6.07) is 54.7. The lowest BCUT2D eigenvalue weighted by Crippen LogP contribution is -2.44. The van der Waals surface area contributed by atoms with Crippen LogP contribution >= 0.6 is 0 Å². The van der Waals surface area contributed by atoms with Gasteiger partial charge in [0.15, 0.2) is 0 Å². The molecular formula is C53H48N2. The van der Waals surface area contributed by atoms with E-state index >= 15 is 0 Å². The lowest BCUT2D eigenvalue weighted by molar-refractivity contribution is 0.447. The zero-order valence-electron chi connectivity index (χ0n) is 32.4. The Balaban J connectivity index is 0.915. The summed E-state index contributed by atoms with van der Waals surface area (Å²) in [7, 11) is 0. The number of fused-ring (bicyclic) bond motifs is 6. The van der Waals surface area contributed by atoms with Crippen molar-refractivity contribution in [3.63, 3.8) is 0 Å². The highest BCUT2D eigenvalue weighted by Crippen LogP contribution is 2.52. The van der Waals surface area contributed by atoms with Crippen molar-refractivity contribution in [2.75, 3.05) is 16.3 Å². The Kier molecular flexibility index (Phi) is 7.89. The molecule has 0 N–H and O–H groups in total. The van der Waals surface area contributed by atoms with Crippen LogP contribution in [-0.2, 0) is 18.3 Å². The highest BCUT2D eigenvalue weighted by molar-refractivity contribution is 6.05. The molecule has 2 nitrogen and oxygen atoms in total. The maximum absolute atomic E-state index is 2.58. The minimum Gasteiger partial charge on any atom is -0.341 e. The van der Waals surface area contributed by atoms with Gasteiger partial charge in [-0.25, -0.2) is 0 Å². The SMILES string of the molecule is CC1(C)c2cc(/C=C/c3ccc(-c4ccc(N5CCCc6ccccc65)c5ccccc45)cc3)ccc2-c2ccc(N3c4ccccc4CCC3(C)C)cc21. The number of rotatable bonds is 5. The lowest BCUT2D eigenvalue weighted by atomic mass is 9.81. The van der Waals surface area contributed by atoms with E-state index < -0.39 is 0 Å². The van der Waals surface area contributed by atoms with Crippen LogP contribution in [0.1, 0.15) is 73.9 Å². The molecule has 55 heavy (non-hydrogen) atoms. The molecule has 0 fully saturated rings. The van der Waals surface area contributed by atoms with E-state index in [1.807, 2.05) is 0 Å². The summed E-state index contributed by atoms with van der Waals surface area (Å²) in [5.41, 5.74) is 18.6. The smallest absolute Gasteiger partial charge is 0.0490 e. The Hall–Kier alpha value is -5.86. The van der Waals surface area contributed by atoms with Crippen LogP contribution in [0.15, 0.2) is 146 Å². The molecule has 2 heterocycles. The van der Waals surface area contributed by atoms with Crippen molar-refractivity contribution >= 4 is 45.7 Å². The standard InChI is InChI=1S/C53H48N2/c1-52(2)32-31-40-13-6-10-18-50(40)55(52)41-26-28-45-44-27-23-37(34-47(44)53(3,4)48(45)35-41)20-19-36-21-24-38(25-22-36)42-29-30-51(46-16-8-7-15-43(42)46)54-33-11-14-39-12-5-9-17-49(39)54/h5-10,12-13,15-30,34-35H,11,14,31-33H2,1-4H3/b20-19+. The fourth-order valence-electron chi connectivity index (χ4n) is 9.81. The first-order chi connectivity index (χ1) is 26.8. The number of hydrogen-bond donors (Lipinski definition) is 0. The van der Waals surface area contributed by atoms with Crippen LogP contribution in [0.2, 0.25) is 0 Å². The maximum atomic E-state index is 2.58. The summed E-state index contributed by atoms with van der Waals surface area (Å²) in [6.45, 7) is 10.6. The molecule has 0 radical (unpaired) electrons. The molecule has 0 bridgehead atoms. The molecule has 0 atom stereocenters. The van der Waals surface area contributed by atoms with Crippen molar-refractivity contribution in [2.24, 2.45) is 0 Å². The van der Waals surface area contributed by atoms with Gasteiger partial charge in [0.2, 0.25) is 0 Å². The van der Waals surface area contributed by atoms with E-state index in [9.17, 15) is 0 Å². The number of benzene rings is 7. The zero-order valence-corrected chi connectivity index (χ0v) is 32.4. The summed E-state index contributed by atoms with van der Waals surface area (Å²) >= 11 is 0. The average molecular weight is 713 g/mol. The quantitative estimate of drug-likeness (QED) is 0.164. The van der Waals surface area contributed by atoms with Crippen molar-refractivity contribution < 1.29 is 0 Å². The van der Waals surface area contributed by atoms with E-state index in [0.717, 1.165) is 25.8 Å². The molecule has 2 heteroatoms. The molecule has 2 aliphatic heterocycles. The van der Waals surface area contributed by atoms with Gasteiger partial charge in [0, 0.05) is 45.6 Å². The summed E-state index contributed by atoms with van der Waals surface area (Å²) < 4.78 is 0. The second-order valence-corrected chi connectivity index (χ2v) is 17.0. The molecule has 0 unspecified atom stereocenters. The number of hydrogen-bond acceptors (Lipinski definition) is 2. The molecule has 1 aliphatic carbocycles. The van der Waals surface area contributed by atoms with E-state index in [-0.39, 0.29) is 11.0 Å². The van der Waals surface area contributed by atoms with Crippen molar-refractivity contribution in [1.82, 2.24) is 0 Å². The molecule has 0 amide bonds. The molecule has 7 aromatic rings. The van der Waals surface area contributed by atoms with Gasteiger partial charge in [0.1, 0.15) is 0 Å². The Morgan fingerprint density at radius 3 is 1.93 bits per heavy atom. The highest BCUT2D eigenvalue weighted by atomic mass is 15.2. The first-order valence-electron chi connectivity index (χ1n) is 20.1. The van der Waals surface area contributed by atoms with Gasteiger partial charge in [-0.05, 0) is 131 Å². The van der Waals surface area contributed by atoms with Gasteiger partial charge in [-0.3, -0.25) is 0 Å². The summed E-state index contributed by atoms with van der Waals surface area (Å²) in [4.78, 5) is 5.10. The topological polar surface area (TPSA) is 6.48 Å². The van der Waals surface area contributed by atoms with Crippen LogP contribution in [0.4, 0.5) is 22.7 Å². The minimum absolute atomic E-state index is 0.0488. The van der Waals surface area contributed by atoms with E-state index in [1.165, 1.54) is 95.6 Å². The van der Waals surface area contributed by atoms with Crippen LogP contribution < -0.4 is 9.80 Å². The van der Waals surface area contributed by atoms with E-state index in [4.69, 9.17) is 0 Å². The van der Waals surface area contributed by atoms with Gasteiger partial charge < -0.3 is 9.80 Å². The van der Waals surface area contributed by atoms with Gasteiger partial charge in [0.25, 0.3) is 0 Å². The molecule has 7 aromatic carbocycles. The number of para-hydroxylation sites is 2. The second kappa shape index (κ2) is 12.9. The van der Waals surface area contributed by atoms with Crippen LogP contribution in [-0.4, -0.2) is 12.1 Å². The molecule has 0 saturated carbocycles. The normalized spacial score (nSPS) is 16.5. The van der Waals surface area contributed by atoms with E-state index in [2.05, 4.69) is 195 Å². The number of aryl methyl sites for hydroxylation is 2. The molecule has 0 saturated heterocycles. The Labute approximate surface area is 326 Å². The molecule has 10 rings (SSSR count). The Morgan fingerprint density at radius 1 is 0.509 bits per heavy atom.